The SMILES string of the molecule is C=CCNC(=O)CSc1nnc(-c2ccc(Cl)cc2)n1-c1cccc(C)c1. The maximum Gasteiger partial charge on any atom is 0.230 e. The van der Waals surface area contributed by atoms with Crippen LogP contribution < -0.4 is 5.32 Å². The number of carbonyl (C=O) groups excluding carboxylic acids is 1. The molecule has 0 saturated heterocycles. The van der Waals surface area contributed by atoms with Gasteiger partial charge in [0.15, 0.2) is 11.0 Å². The molecule has 7 heteroatoms. The molecule has 5 nitrogen and oxygen atoms in total. The molecule has 0 aliphatic carbocycles. The van der Waals surface area contributed by atoms with Crippen molar-refractivity contribution >= 4 is 29.3 Å². The minimum absolute atomic E-state index is 0.0771. The maximum atomic E-state index is 11.9. The summed E-state index contributed by atoms with van der Waals surface area (Å²) >= 11 is 7.35. The highest BCUT2D eigenvalue weighted by atomic mass is 35.5. The van der Waals surface area contributed by atoms with Gasteiger partial charge in [-0.15, -0.1) is 16.8 Å². The molecule has 3 aromatic rings. The lowest BCUT2D eigenvalue weighted by molar-refractivity contribution is -0.118. The highest BCUT2D eigenvalue weighted by molar-refractivity contribution is 7.99. The first-order chi connectivity index (χ1) is 13.1. The lowest BCUT2D eigenvalue weighted by Gasteiger charge is -2.11. The van der Waals surface area contributed by atoms with Crippen LogP contribution in [0, 0.1) is 6.92 Å². The molecule has 138 valence electrons. The lowest BCUT2D eigenvalue weighted by Crippen LogP contribution is -2.25. The number of aromatic nitrogens is 3. The van der Waals surface area contributed by atoms with Crippen molar-refractivity contribution < 1.29 is 4.79 Å². The number of thioether (sulfide) groups is 1. The van der Waals surface area contributed by atoms with E-state index in [2.05, 4.69) is 28.2 Å². The second-order valence-electron chi connectivity index (χ2n) is 5.87. The number of hydrogen-bond acceptors (Lipinski definition) is 4. The summed E-state index contributed by atoms with van der Waals surface area (Å²) in [6.07, 6.45) is 1.65. The monoisotopic (exact) mass is 398 g/mol. The van der Waals surface area contributed by atoms with Crippen LogP contribution in [0.25, 0.3) is 17.1 Å². The normalized spacial score (nSPS) is 10.6. The van der Waals surface area contributed by atoms with Gasteiger partial charge in [0.25, 0.3) is 0 Å². The molecule has 0 spiro atoms. The van der Waals surface area contributed by atoms with Crippen molar-refractivity contribution in [2.75, 3.05) is 12.3 Å². The molecular weight excluding hydrogens is 380 g/mol. The molecule has 1 heterocycles. The van der Waals surface area contributed by atoms with Crippen molar-refractivity contribution in [1.29, 1.82) is 0 Å². The van der Waals surface area contributed by atoms with E-state index >= 15 is 0 Å². The molecule has 0 atom stereocenters. The highest BCUT2D eigenvalue weighted by Crippen LogP contribution is 2.29. The molecular formula is C20H19ClN4OS. The van der Waals surface area contributed by atoms with Gasteiger partial charge < -0.3 is 5.32 Å². The largest absolute Gasteiger partial charge is 0.352 e. The molecule has 0 bridgehead atoms. The van der Waals surface area contributed by atoms with E-state index in [1.54, 1.807) is 6.08 Å². The Hall–Kier alpha value is -2.57. The van der Waals surface area contributed by atoms with E-state index in [9.17, 15) is 4.79 Å². The number of aryl methyl sites for hydroxylation is 1. The fourth-order valence-electron chi connectivity index (χ4n) is 2.52. The van der Waals surface area contributed by atoms with E-state index in [4.69, 9.17) is 11.6 Å². The van der Waals surface area contributed by atoms with Crippen LogP contribution in [0.15, 0.2) is 66.3 Å². The summed E-state index contributed by atoms with van der Waals surface area (Å²) < 4.78 is 1.96. The topological polar surface area (TPSA) is 59.8 Å². The van der Waals surface area contributed by atoms with Crippen molar-refractivity contribution in [3.05, 3.63) is 71.8 Å². The van der Waals surface area contributed by atoms with Crippen LogP contribution in [-0.4, -0.2) is 33.0 Å². The number of nitrogens with zero attached hydrogens (tertiary/aromatic N) is 3. The van der Waals surface area contributed by atoms with Crippen LogP contribution in [0.3, 0.4) is 0 Å². The van der Waals surface area contributed by atoms with Crippen LogP contribution in [-0.2, 0) is 4.79 Å². The molecule has 0 aliphatic heterocycles. The van der Waals surface area contributed by atoms with Crippen LogP contribution in [0.4, 0.5) is 0 Å². The fraction of sp³-hybridized carbons (Fsp3) is 0.150. The van der Waals surface area contributed by atoms with Crippen LogP contribution in [0.5, 0.6) is 0 Å². The lowest BCUT2D eigenvalue weighted by atomic mass is 10.2. The maximum absolute atomic E-state index is 11.9. The predicted octanol–water partition coefficient (Wildman–Crippen LogP) is 4.29. The Bertz CT molecular complexity index is 953. The van der Waals surface area contributed by atoms with Gasteiger partial charge in [0.05, 0.1) is 5.75 Å². The molecule has 27 heavy (non-hydrogen) atoms. The first-order valence-corrected chi connectivity index (χ1v) is 9.73. The zero-order chi connectivity index (χ0) is 19.2. The Balaban J connectivity index is 1.97. The van der Waals surface area contributed by atoms with E-state index in [0.29, 0.717) is 22.5 Å². The van der Waals surface area contributed by atoms with Gasteiger partial charge in [-0.1, -0.05) is 41.6 Å². The van der Waals surface area contributed by atoms with Gasteiger partial charge in [-0.05, 0) is 48.9 Å². The van der Waals surface area contributed by atoms with Gasteiger partial charge in [0.1, 0.15) is 0 Å². The van der Waals surface area contributed by atoms with Gasteiger partial charge >= 0.3 is 0 Å². The first kappa shape index (κ1) is 19.2. The van der Waals surface area contributed by atoms with Gasteiger partial charge in [-0.3, -0.25) is 9.36 Å². The van der Waals surface area contributed by atoms with E-state index in [1.165, 1.54) is 11.8 Å². The molecule has 0 fully saturated rings. The summed E-state index contributed by atoms with van der Waals surface area (Å²) in [6, 6.07) is 15.5. The van der Waals surface area contributed by atoms with Gasteiger partial charge in [0, 0.05) is 22.8 Å². The highest BCUT2D eigenvalue weighted by Gasteiger charge is 2.17. The predicted molar refractivity (Wildman–Crippen MR) is 110 cm³/mol. The Morgan fingerprint density at radius 2 is 2.04 bits per heavy atom. The molecule has 1 N–H and O–H groups in total. The second kappa shape index (κ2) is 8.88. The molecule has 0 aliphatic rings. The molecule has 0 radical (unpaired) electrons. The molecule has 3 rings (SSSR count). The summed E-state index contributed by atoms with van der Waals surface area (Å²) in [7, 11) is 0. The van der Waals surface area contributed by atoms with Crippen molar-refractivity contribution in [1.82, 2.24) is 20.1 Å². The molecule has 2 aromatic carbocycles. The number of benzene rings is 2. The number of amides is 1. The van der Waals surface area contributed by atoms with Crippen LogP contribution in [0.1, 0.15) is 5.56 Å². The third kappa shape index (κ3) is 4.78. The minimum atomic E-state index is -0.0771. The number of rotatable bonds is 7. The van der Waals surface area contributed by atoms with Gasteiger partial charge in [-0.25, -0.2) is 0 Å². The van der Waals surface area contributed by atoms with Gasteiger partial charge in [-0.2, -0.15) is 0 Å². The molecule has 1 aromatic heterocycles. The third-order valence-corrected chi connectivity index (χ3v) is 4.95. The summed E-state index contributed by atoms with van der Waals surface area (Å²) in [6.45, 7) is 6.08. The summed E-state index contributed by atoms with van der Waals surface area (Å²) in [5, 5.41) is 12.8. The van der Waals surface area contributed by atoms with Crippen molar-refractivity contribution in [3.8, 4) is 17.1 Å². The average molecular weight is 399 g/mol. The minimum Gasteiger partial charge on any atom is -0.352 e. The van der Waals surface area contributed by atoms with Crippen LogP contribution >= 0.6 is 23.4 Å². The number of hydrogen-bond donors (Lipinski definition) is 1. The molecule has 1 amide bonds. The fourth-order valence-corrected chi connectivity index (χ4v) is 3.42. The zero-order valence-electron chi connectivity index (χ0n) is 14.9. The Kier molecular flexibility index (Phi) is 6.32. The van der Waals surface area contributed by atoms with E-state index in [0.717, 1.165) is 16.8 Å². The second-order valence-corrected chi connectivity index (χ2v) is 7.25. The average Bonchev–Trinajstić information content (AvgIpc) is 3.09. The van der Waals surface area contributed by atoms with E-state index in [1.807, 2.05) is 54.0 Å². The number of nitrogens with one attached hydrogen (secondary N) is 1. The number of carbonyl (C=O) groups is 1. The number of halogens is 1. The smallest absolute Gasteiger partial charge is 0.230 e. The standard InChI is InChI=1S/C20H19ClN4OS/c1-3-11-22-18(26)13-27-20-24-23-19(15-7-9-16(21)10-8-15)25(20)17-6-4-5-14(2)12-17/h3-10,12H,1,11,13H2,2H3,(H,22,26). The van der Waals surface area contributed by atoms with Crippen molar-refractivity contribution in [2.45, 2.75) is 12.1 Å². The summed E-state index contributed by atoms with van der Waals surface area (Å²) in [5.41, 5.74) is 2.97. The summed E-state index contributed by atoms with van der Waals surface area (Å²) in [4.78, 5) is 11.9. The van der Waals surface area contributed by atoms with E-state index in [-0.39, 0.29) is 11.7 Å². The Morgan fingerprint density at radius 3 is 2.74 bits per heavy atom. The third-order valence-electron chi connectivity index (χ3n) is 3.77. The first-order valence-electron chi connectivity index (χ1n) is 8.37. The van der Waals surface area contributed by atoms with Gasteiger partial charge in [0.2, 0.25) is 5.91 Å². The Labute approximate surface area is 167 Å². The zero-order valence-corrected chi connectivity index (χ0v) is 16.4. The van der Waals surface area contributed by atoms with Crippen molar-refractivity contribution in [3.63, 3.8) is 0 Å². The molecule has 0 unspecified atom stereocenters. The van der Waals surface area contributed by atoms with Crippen LogP contribution in [0.2, 0.25) is 5.02 Å². The van der Waals surface area contributed by atoms with E-state index < -0.39 is 0 Å². The van der Waals surface area contributed by atoms with Crippen molar-refractivity contribution in [2.24, 2.45) is 0 Å². The Morgan fingerprint density at radius 1 is 1.26 bits per heavy atom. The summed E-state index contributed by atoms with van der Waals surface area (Å²) in [5.74, 6) is 0.872. The quantitative estimate of drug-likeness (QED) is 0.476. The molecule has 0 saturated carbocycles.